The van der Waals surface area contributed by atoms with Crippen molar-refractivity contribution in [3.63, 3.8) is 0 Å². The third-order valence-corrected chi connectivity index (χ3v) is 4.64. The van der Waals surface area contributed by atoms with Gasteiger partial charge in [-0.25, -0.2) is 0 Å². The summed E-state index contributed by atoms with van der Waals surface area (Å²) < 4.78 is 41.3. The van der Waals surface area contributed by atoms with Crippen molar-refractivity contribution in [1.82, 2.24) is 19.6 Å². The first-order chi connectivity index (χ1) is 13.6. The first kappa shape index (κ1) is 20.6. The summed E-state index contributed by atoms with van der Waals surface area (Å²) in [5.74, 6) is -0.307. The average Bonchev–Trinajstić information content (AvgIpc) is 3.16. The van der Waals surface area contributed by atoms with Crippen molar-refractivity contribution in [2.75, 3.05) is 5.32 Å². The van der Waals surface area contributed by atoms with Crippen LogP contribution in [0.3, 0.4) is 0 Å². The van der Waals surface area contributed by atoms with Gasteiger partial charge in [0.2, 0.25) is 5.91 Å². The molecule has 9 heteroatoms. The molecule has 1 N–H and O–H groups in total. The van der Waals surface area contributed by atoms with E-state index in [1.54, 1.807) is 6.92 Å². The van der Waals surface area contributed by atoms with Gasteiger partial charge in [0, 0.05) is 18.7 Å². The number of nitrogens with zero attached hydrogens (tertiary/aromatic N) is 4. The van der Waals surface area contributed by atoms with Crippen LogP contribution in [0, 0.1) is 20.8 Å². The van der Waals surface area contributed by atoms with E-state index in [4.69, 9.17) is 0 Å². The third kappa shape index (κ3) is 4.85. The van der Waals surface area contributed by atoms with Crippen LogP contribution in [0.25, 0.3) is 0 Å². The second kappa shape index (κ2) is 8.10. The number of carbonyl (C=O) groups is 1. The lowest BCUT2D eigenvalue weighted by Gasteiger charge is -2.08. The molecule has 0 saturated heterocycles. The van der Waals surface area contributed by atoms with Gasteiger partial charge >= 0.3 is 6.18 Å². The zero-order chi connectivity index (χ0) is 21.2. The van der Waals surface area contributed by atoms with E-state index in [-0.39, 0.29) is 18.9 Å². The van der Waals surface area contributed by atoms with Crippen LogP contribution in [0.4, 0.5) is 18.9 Å². The number of alkyl halides is 3. The van der Waals surface area contributed by atoms with Gasteiger partial charge in [0.1, 0.15) is 0 Å². The van der Waals surface area contributed by atoms with Gasteiger partial charge in [-0.2, -0.15) is 23.4 Å². The van der Waals surface area contributed by atoms with Gasteiger partial charge in [0.05, 0.1) is 23.6 Å². The molecule has 0 unspecified atom stereocenters. The van der Waals surface area contributed by atoms with E-state index in [9.17, 15) is 18.0 Å². The van der Waals surface area contributed by atoms with Gasteiger partial charge in [-0.05, 0) is 32.4 Å². The van der Waals surface area contributed by atoms with E-state index in [1.165, 1.54) is 11.6 Å². The largest absolute Gasteiger partial charge is 0.435 e. The molecule has 0 aliphatic heterocycles. The molecule has 2 aromatic heterocycles. The Morgan fingerprint density at radius 2 is 1.76 bits per heavy atom. The SMILES string of the molecule is Cc1nn(Cc2ccccc2)c(C)c1NC(=O)CCn1nc(C(F)(F)F)cc1C. The molecule has 0 aliphatic carbocycles. The number of benzene rings is 1. The molecule has 1 aromatic carbocycles. The Kier molecular flexibility index (Phi) is 5.76. The molecule has 0 aliphatic rings. The summed E-state index contributed by atoms with van der Waals surface area (Å²) >= 11 is 0. The van der Waals surface area contributed by atoms with E-state index in [0.717, 1.165) is 17.3 Å². The fourth-order valence-corrected chi connectivity index (χ4v) is 3.07. The predicted octanol–water partition coefficient (Wildman–Crippen LogP) is 4.10. The number of rotatable bonds is 6. The summed E-state index contributed by atoms with van der Waals surface area (Å²) in [7, 11) is 0. The van der Waals surface area contributed by atoms with Crippen molar-refractivity contribution in [2.45, 2.75) is 46.5 Å². The number of aromatic nitrogens is 4. The fraction of sp³-hybridized carbons (Fsp3) is 0.350. The van der Waals surface area contributed by atoms with Crippen LogP contribution in [0.15, 0.2) is 36.4 Å². The summed E-state index contributed by atoms with van der Waals surface area (Å²) in [5.41, 5.74) is 2.61. The Labute approximate surface area is 166 Å². The highest BCUT2D eigenvalue weighted by molar-refractivity contribution is 5.91. The van der Waals surface area contributed by atoms with Crippen LogP contribution in [0.2, 0.25) is 0 Å². The van der Waals surface area contributed by atoms with Gasteiger partial charge < -0.3 is 5.32 Å². The molecule has 0 radical (unpaired) electrons. The van der Waals surface area contributed by atoms with E-state index >= 15 is 0 Å². The van der Waals surface area contributed by atoms with Crippen LogP contribution in [0.5, 0.6) is 0 Å². The Bertz CT molecular complexity index is 1010. The molecule has 0 atom stereocenters. The molecule has 29 heavy (non-hydrogen) atoms. The van der Waals surface area contributed by atoms with Gasteiger partial charge in [-0.3, -0.25) is 14.2 Å². The number of nitrogens with one attached hydrogen (secondary N) is 1. The van der Waals surface area contributed by atoms with E-state index in [1.807, 2.05) is 41.9 Å². The summed E-state index contributed by atoms with van der Waals surface area (Å²) in [4.78, 5) is 12.4. The van der Waals surface area contributed by atoms with Crippen molar-refractivity contribution >= 4 is 11.6 Å². The van der Waals surface area contributed by atoms with Gasteiger partial charge in [0.15, 0.2) is 5.69 Å². The maximum Gasteiger partial charge on any atom is 0.435 e. The molecule has 2 heterocycles. The number of hydrogen-bond donors (Lipinski definition) is 1. The average molecular weight is 405 g/mol. The van der Waals surface area contributed by atoms with Gasteiger partial charge in [-0.1, -0.05) is 30.3 Å². The molecule has 0 fully saturated rings. The highest BCUT2D eigenvalue weighted by Crippen LogP contribution is 2.28. The predicted molar refractivity (Wildman–Crippen MR) is 102 cm³/mol. The number of carbonyl (C=O) groups excluding carboxylic acids is 1. The minimum atomic E-state index is -4.50. The number of aryl methyl sites for hydroxylation is 3. The first-order valence-corrected chi connectivity index (χ1v) is 9.14. The van der Waals surface area contributed by atoms with Crippen molar-refractivity contribution in [3.05, 3.63) is 64.7 Å². The summed E-state index contributed by atoms with van der Waals surface area (Å²) in [6.45, 7) is 5.84. The van der Waals surface area contributed by atoms with Crippen molar-refractivity contribution in [3.8, 4) is 0 Å². The van der Waals surface area contributed by atoms with Crippen LogP contribution in [0.1, 0.15) is 34.8 Å². The smallest absolute Gasteiger partial charge is 0.323 e. The highest BCUT2D eigenvalue weighted by Gasteiger charge is 2.34. The number of anilines is 1. The molecule has 0 bridgehead atoms. The third-order valence-electron chi connectivity index (χ3n) is 4.64. The lowest BCUT2D eigenvalue weighted by atomic mass is 10.2. The molecule has 154 valence electrons. The monoisotopic (exact) mass is 405 g/mol. The summed E-state index contributed by atoms with van der Waals surface area (Å²) in [6.07, 6.45) is -4.50. The zero-order valence-corrected chi connectivity index (χ0v) is 16.4. The molecule has 3 aromatic rings. The Morgan fingerprint density at radius 1 is 1.07 bits per heavy atom. The van der Waals surface area contributed by atoms with E-state index in [2.05, 4.69) is 15.5 Å². The molecule has 6 nitrogen and oxygen atoms in total. The van der Waals surface area contributed by atoms with E-state index < -0.39 is 11.9 Å². The Morgan fingerprint density at radius 3 is 2.38 bits per heavy atom. The van der Waals surface area contributed by atoms with E-state index in [0.29, 0.717) is 23.6 Å². The van der Waals surface area contributed by atoms with Crippen molar-refractivity contribution in [1.29, 1.82) is 0 Å². The maximum absolute atomic E-state index is 12.8. The van der Waals surface area contributed by atoms with Gasteiger partial charge in [0.25, 0.3) is 0 Å². The molecule has 3 rings (SSSR count). The molecule has 1 amide bonds. The topological polar surface area (TPSA) is 64.7 Å². The summed E-state index contributed by atoms with van der Waals surface area (Å²) in [6, 6.07) is 10.8. The van der Waals surface area contributed by atoms with Crippen LogP contribution < -0.4 is 5.32 Å². The molecular formula is C20H22F3N5O. The van der Waals surface area contributed by atoms with Crippen molar-refractivity contribution in [2.24, 2.45) is 0 Å². The maximum atomic E-state index is 12.8. The quantitative estimate of drug-likeness (QED) is 0.672. The van der Waals surface area contributed by atoms with Crippen LogP contribution in [-0.4, -0.2) is 25.5 Å². The van der Waals surface area contributed by atoms with Crippen LogP contribution in [-0.2, 0) is 24.1 Å². The highest BCUT2D eigenvalue weighted by atomic mass is 19.4. The Balaban J connectivity index is 1.65. The standard InChI is InChI=1S/C20H22F3N5O/c1-13-11-17(20(21,22)23)26-27(13)10-9-18(29)24-19-14(2)25-28(15(19)3)12-16-7-5-4-6-8-16/h4-8,11H,9-10,12H2,1-3H3,(H,24,29). The Hall–Kier alpha value is -3.10. The van der Waals surface area contributed by atoms with Gasteiger partial charge in [-0.15, -0.1) is 0 Å². The minimum absolute atomic E-state index is 0.00254. The molecule has 0 saturated carbocycles. The second-order valence-electron chi connectivity index (χ2n) is 6.88. The fourth-order valence-electron chi connectivity index (χ4n) is 3.07. The minimum Gasteiger partial charge on any atom is -0.323 e. The molecule has 0 spiro atoms. The first-order valence-electron chi connectivity index (χ1n) is 9.14. The normalized spacial score (nSPS) is 11.7. The molecular weight excluding hydrogens is 383 g/mol. The van der Waals surface area contributed by atoms with Crippen molar-refractivity contribution < 1.29 is 18.0 Å². The number of halogens is 3. The number of hydrogen-bond acceptors (Lipinski definition) is 3. The second-order valence-corrected chi connectivity index (χ2v) is 6.88. The summed E-state index contributed by atoms with van der Waals surface area (Å²) in [5, 5.41) is 10.8. The van der Waals surface area contributed by atoms with Crippen LogP contribution >= 0.6 is 0 Å². The lowest BCUT2D eigenvalue weighted by Crippen LogP contribution is -2.17. The lowest BCUT2D eigenvalue weighted by molar-refractivity contribution is -0.141. The zero-order valence-electron chi connectivity index (χ0n) is 16.4. The number of amides is 1.